The molecule has 0 bridgehead atoms. The second-order valence-electron chi connectivity index (χ2n) is 5.76. The molecule has 2 atom stereocenters. The highest BCUT2D eigenvalue weighted by atomic mass is 16.5. The molecule has 0 radical (unpaired) electrons. The Bertz CT molecular complexity index is 667. The Kier molecular flexibility index (Phi) is 4.42. The van der Waals surface area contributed by atoms with E-state index in [0.717, 1.165) is 18.5 Å². The number of aromatic amines is 1. The summed E-state index contributed by atoms with van der Waals surface area (Å²) in [6, 6.07) is 0. The number of methoxy groups -OCH3 is 1. The molecule has 8 nitrogen and oxygen atoms in total. The van der Waals surface area contributed by atoms with Crippen LogP contribution >= 0.6 is 0 Å². The number of ether oxygens (including phenoxy) is 1. The van der Waals surface area contributed by atoms with Crippen LogP contribution in [0, 0.1) is 6.92 Å². The fraction of sp³-hybridized carbons (Fsp3) is 0.600. The van der Waals surface area contributed by atoms with Gasteiger partial charge in [-0.1, -0.05) is 6.92 Å². The van der Waals surface area contributed by atoms with Crippen molar-refractivity contribution < 1.29 is 13.9 Å². The molecule has 2 aromatic rings. The third kappa shape index (κ3) is 2.98. The van der Waals surface area contributed by atoms with Gasteiger partial charge in [0.2, 0.25) is 5.76 Å². The Morgan fingerprint density at radius 3 is 3.00 bits per heavy atom. The van der Waals surface area contributed by atoms with Crippen LogP contribution in [0.4, 0.5) is 0 Å². The van der Waals surface area contributed by atoms with E-state index < -0.39 is 0 Å². The Morgan fingerprint density at radius 1 is 1.52 bits per heavy atom. The standard InChI is InChI=1S/C15H21N5O3/c1-4-5-13-17-9(2)14(23-13)15(21)20-7-10(12(8-20)22-3)11-6-16-19-18-11/h6,10,12H,4-5,7-8H2,1-3H3,(H,16,18,19)/t10-,12+/m0/s1. The normalized spacial score (nSPS) is 21.1. The molecule has 0 unspecified atom stereocenters. The Hall–Kier alpha value is -2.22. The minimum atomic E-state index is -0.148. The molecule has 0 aromatic carbocycles. The molecule has 1 aliphatic rings. The summed E-state index contributed by atoms with van der Waals surface area (Å²) in [5.74, 6) is 0.791. The third-order valence-corrected chi connectivity index (χ3v) is 4.17. The minimum absolute atomic E-state index is 0.000963. The number of nitrogens with one attached hydrogen (secondary N) is 1. The van der Waals surface area contributed by atoms with Crippen LogP contribution in [0.15, 0.2) is 10.6 Å². The van der Waals surface area contributed by atoms with Crippen LogP contribution < -0.4 is 0 Å². The lowest BCUT2D eigenvalue weighted by molar-refractivity contribution is 0.0685. The van der Waals surface area contributed by atoms with E-state index in [9.17, 15) is 4.79 Å². The smallest absolute Gasteiger partial charge is 0.291 e. The van der Waals surface area contributed by atoms with Crippen molar-refractivity contribution in [2.45, 2.75) is 38.7 Å². The first kappa shape index (κ1) is 15.7. The maximum absolute atomic E-state index is 12.8. The molecule has 124 valence electrons. The second kappa shape index (κ2) is 6.49. The van der Waals surface area contributed by atoms with Gasteiger partial charge in [0, 0.05) is 26.6 Å². The Balaban J connectivity index is 1.78. The topological polar surface area (TPSA) is 97.1 Å². The molecule has 1 saturated heterocycles. The van der Waals surface area contributed by atoms with E-state index in [-0.39, 0.29) is 17.9 Å². The maximum atomic E-state index is 12.8. The first-order valence-electron chi connectivity index (χ1n) is 7.78. The quantitative estimate of drug-likeness (QED) is 0.892. The number of oxazole rings is 1. The molecule has 8 heteroatoms. The van der Waals surface area contributed by atoms with Crippen molar-refractivity contribution in [3.8, 4) is 0 Å². The Morgan fingerprint density at radius 2 is 2.35 bits per heavy atom. The first-order chi connectivity index (χ1) is 11.1. The molecule has 3 heterocycles. The minimum Gasteiger partial charge on any atom is -0.435 e. The first-order valence-corrected chi connectivity index (χ1v) is 7.78. The molecule has 1 fully saturated rings. The number of aryl methyl sites for hydroxylation is 2. The lowest BCUT2D eigenvalue weighted by atomic mass is 10.0. The molecule has 0 spiro atoms. The summed E-state index contributed by atoms with van der Waals surface area (Å²) < 4.78 is 11.2. The van der Waals surface area contributed by atoms with E-state index in [1.165, 1.54) is 0 Å². The van der Waals surface area contributed by atoms with Gasteiger partial charge in [-0.3, -0.25) is 4.79 Å². The van der Waals surface area contributed by atoms with Crippen LogP contribution in [0.2, 0.25) is 0 Å². The number of carbonyl (C=O) groups excluding carboxylic acids is 1. The van der Waals surface area contributed by atoms with E-state index in [2.05, 4.69) is 20.4 Å². The van der Waals surface area contributed by atoms with E-state index >= 15 is 0 Å². The summed E-state index contributed by atoms with van der Waals surface area (Å²) in [6.07, 6.45) is 3.22. The third-order valence-electron chi connectivity index (χ3n) is 4.17. The molecule has 1 amide bonds. The monoisotopic (exact) mass is 319 g/mol. The van der Waals surface area contributed by atoms with Crippen molar-refractivity contribution in [3.05, 3.63) is 29.2 Å². The molecular weight excluding hydrogens is 298 g/mol. The highest BCUT2D eigenvalue weighted by molar-refractivity contribution is 5.92. The fourth-order valence-electron chi connectivity index (χ4n) is 2.97. The zero-order valence-electron chi connectivity index (χ0n) is 13.6. The van der Waals surface area contributed by atoms with E-state index in [1.54, 1.807) is 25.1 Å². The van der Waals surface area contributed by atoms with Crippen LogP contribution in [0.1, 0.15) is 47.1 Å². The Labute approximate surface area is 134 Å². The number of likely N-dealkylation sites (tertiary alicyclic amines) is 1. The zero-order chi connectivity index (χ0) is 16.4. The average molecular weight is 319 g/mol. The van der Waals surface area contributed by atoms with Gasteiger partial charge < -0.3 is 14.1 Å². The van der Waals surface area contributed by atoms with Gasteiger partial charge >= 0.3 is 0 Å². The van der Waals surface area contributed by atoms with Crippen LogP contribution in [0.3, 0.4) is 0 Å². The van der Waals surface area contributed by atoms with Gasteiger partial charge in [0.15, 0.2) is 5.89 Å². The van der Waals surface area contributed by atoms with Crippen molar-refractivity contribution in [1.29, 1.82) is 0 Å². The number of rotatable bonds is 5. The zero-order valence-corrected chi connectivity index (χ0v) is 13.6. The molecule has 0 saturated carbocycles. The number of aromatic nitrogens is 4. The SMILES string of the molecule is CCCc1nc(C)c(C(=O)N2C[C@@H](OC)[C@H](c3cn[nH]n3)C2)o1. The van der Waals surface area contributed by atoms with Crippen molar-refractivity contribution in [1.82, 2.24) is 25.3 Å². The van der Waals surface area contributed by atoms with Crippen molar-refractivity contribution in [2.24, 2.45) is 0 Å². The van der Waals surface area contributed by atoms with Gasteiger partial charge in [-0.25, -0.2) is 4.98 Å². The van der Waals surface area contributed by atoms with E-state index in [4.69, 9.17) is 9.15 Å². The fourth-order valence-corrected chi connectivity index (χ4v) is 2.97. The molecule has 0 aliphatic carbocycles. The number of hydrogen-bond donors (Lipinski definition) is 1. The number of H-pyrrole nitrogens is 1. The lowest BCUT2D eigenvalue weighted by Crippen LogP contribution is -2.30. The molecule has 23 heavy (non-hydrogen) atoms. The van der Waals surface area contributed by atoms with Gasteiger partial charge in [-0.05, 0) is 13.3 Å². The summed E-state index contributed by atoms with van der Waals surface area (Å²) in [5.41, 5.74) is 1.44. The maximum Gasteiger partial charge on any atom is 0.291 e. The summed E-state index contributed by atoms with van der Waals surface area (Å²) in [5, 5.41) is 10.6. The van der Waals surface area contributed by atoms with Crippen LogP contribution in [0.25, 0.3) is 0 Å². The van der Waals surface area contributed by atoms with Gasteiger partial charge in [0.1, 0.15) is 0 Å². The van der Waals surface area contributed by atoms with E-state index in [1.807, 2.05) is 6.92 Å². The number of hydrogen-bond acceptors (Lipinski definition) is 6. The van der Waals surface area contributed by atoms with Gasteiger partial charge in [0.25, 0.3) is 5.91 Å². The molecular formula is C15H21N5O3. The van der Waals surface area contributed by atoms with Gasteiger partial charge in [0.05, 0.1) is 29.6 Å². The van der Waals surface area contributed by atoms with Crippen molar-refractivity contribution in [2.75, 3.05) is 20.2 Å². The summed E-state index contributed by atoms with van der Waals surface area (Å²) in [4.78, 5) is 18.8. The second-order valence-corrected chi connectivity index (χ2v) is 5.76. The van der Waals surface area contributed by atoms with E-state index in [0.29, 0.717) is 30.4 Å². The highest BCUT2D eigenvalue weighted by Crippen LogP contribution is 2.29. The number of nitrogens with zero attached hydrogens (tertiary/aromatic N) is 4. The van der Waals surface area contributed by atoms with Crippen LogP contribution in [0.5, 0.6) is 0 Å². The van der Waals surface area contributed by atoms with Crippen LogP contribution in [-0.2, 0) is 11.2 Å². The summed E-state index contributed by atoms with van der Waals surface area (Å²) in [6.45, 7) is 4.87. The number of carbonyl (C=O) groups is 1. The average Bonchev–Trinajstić information content (AvgIpc) is 3.25. The molecule has 3 rings (SSSR count). The predicted molar refractivity (Wildman–Crippen MR) is 81.1 cm³/mol. The lowest BCUT2D eigenvalue weighted by Gasteiger charge is -2.14. The summed E-state index contributed by atoms with van der Waals surface area (Å²) >= 11 is 0. The molecule has 1 N–H and O–H groups in total. The summed E-state index contributed by atoms with van der Waals surface area (Å²) in [7, 11) is 1.64. The van der Waals surface area contributed by atoms with Gasteiger partial charge in [-0.15, -0.1) is 0 Å². The molecule has 1 aliphatic heterocycles. The largest absolute Gasteiger partial charge is 0.435 e. The predicted octanol–water partition coefficient (Wildman–Crippen LogP) is 1.31. The number of amides is 1. The van der Waals surface area contributed by atoms with Gasteiger partial charge in [-0.2, -0.15) is 15.4 Å². The van der Waals surface area contributed by atoms with Crippen LogP contribution in [-0.4, -0.2) is 57.5 Å². The highest BCUT2D eigenvalue weighted by Gasteiger charge is 2.39. The molecule has 2 aromatic heterocycles. The van der Waals surface area contributed by atoms with Crippen molar-refractivity contribution in [3.63, 3.8) is 0 Å². The van der Waals surface area contributed by atoms with Crippen molar-refractivity contribution >= 4 is 5.91 Å².